The highest BCUT2D eigenvalue weighted by atomic mass is 14.1. The Hall–Kier alpha value is -0.700. The van der Waals surface area contributed by atoms with Crippen LogP contribution in [0.3, 0.4) is 0 Å². The van der Waals surface area contributed by atoms with Crippen LogP contribution < -0.4 is 0 Å². The molecule has 1 rings (SSSR count). The molecule has 0 bridgehead atoms. The number of allylic oxidation sites excluding steroid dienone is 1. The minimum Gasteiger partial charge on any atom is -0.0996 e. The second-order valence-corrected chi connectivity index (χ2v) is 3.17. The van der Waals surface area contributed by atoms with Gasteiger partial charge in [-0.25, -0.2) is 0 Å². The summed E-state index contributed by atoms with van der Waals surface area (Å²) in [6.07, 6.45) is 2.45. The Morgan fingerprint density at radius 2 is 2.10 bits per heavy atom. The summed E-state index contributed by atoms with van der Waals surface area (Å²) in [6, 6.07) is 0. The van der Waals surface area contributed by atoms with Gasteiger partial charge in [0.1, 0.15) is 0 Å². The van der Waals surface area contributed by atoms with Crippen LogP contribution in [0.2, 0.25) is 0 Å². The van der Waals surface area contributed by atoms with E-state index >= 15 is 0 Å². The molecule has 0 aromatic heterocycles. The first-order valence-corrected chi connectivity index (χ1v) is 3.86. The van der Waals surface area contributed by atoms with E-state index in [0.29, 0.717) is 11.8 Å². The summed E-state index contributed by atoms with van der Waals surface area (Å²) in [5, 5.41) is 0. The number of hydrogen-bond donors (Lipinski definition) is 0. The Bertz CT molecular complexity index is 190. The van der Waals surface area contributed by atoms with Crippen LogP contribution >= 0.6 is 0 Å². The van der Waals surface area contributed by atoms with Crippen molar-refractivity contribution in [1.82, 2.24) is 0 Å². The van der Waals surface area contributed by atoms with E-state index in [0.717, 1.165) is 0 Å². The topological polar surface area (TPSA) is 0 Å². The van der Waals surface area contributed by atoms with Gasteiger partial charge in [-0.15, -0.1) is 0 Å². The normalized spacial score (nSPS) is 30.6. The summed E-state index contributed by atoms with van der Waals surface area (Å²) >= 11 is 0. The van der Waals surface area contributed by atoms with Crippen LogP contribution in [0.5, 0.6) is 0 Å². The van der Waals surface area contributed by atoms with Gasteiger partial charge in [-0.3, -0.25) is 0 Å². The zero-order chi connectivity index (χ0) is 7.56. The average Bonchev–Trinajstić information content (AvgIpc) is 1.88. The fraction of sp³-hybridized carbons (Fsp3) is 0.600. The van der Waals surface area contributed by atoms with Crippen LogP contribution in [-0.2, 0) is 0 Å². The SMILES string of the molecule is C=C(C)C1C#CC(C)CC1. The third-order valence-electron chi connectivity index (χ3n) is 1.99. The molecule has 1 aliphatic rings. The first-order valence-electron chi connectivity index (χ1n) is 3.86. The Kier molecular flexibility index (Phi) is 2.17. The van der Waals surface area contributed by atoms with Crippen molar-refractivity contribution < 1.29 is 0 Å². The van der Waals surface area contributed by atoms with Gasteiger partial charge in [0.15, 0.2) is 0 Å². The molecule has 2 atom stereocenters. The zero-order valence-corrected chi connectivity index (χ0v) is 6.78. The molecule has 0 nitrogen and oxygen atoms in total. The highest BCUT2D eigenvalue weighted by Crippen LogP contribution is 2.21. The molecule has 2 unspecified atom stereocenters. The maximum absolute atomic E-state index is 3.90. The second kappa shape index (κ2) is 2.92. The Labute approximate surface area is 63.3 Å². The lowest BCUT2D eigenvalue weighted by atomic mass is 9.88. The maximum atomic E-state index is 3.90. The summed E-state index contributed by atoms with van der Waals surface area (Å²) in [5.41, 5.74) is 1.22. The van der Waals surface area contributed by atoms with E-state index in [2.05, 4.69) is 32.3 Å². The van der Waals surface area contributed by atoms with Crippen molar-refractivity contribution in [1.29, 1.82) is 0 Å². The fourth-order valence-corrected chi connectivity index (χ4v) is 1.17. The molecule has 0 amide bonds. The lowest BCUT2D eigenvalue weighted by Gasteiger charge is -2.15. The van der Waals surface area contributed by atoms with Gasteiger partial charge in [-0.1, -0.05) is 30.9 Å². The number of hydrogen-bond acceptors (Lipinski definition) is 0. The van der Waals surface area contributed by atoms with E-state index in [4.69, 9.17) is 0 Å². The summed E-state index contributed by atoms with van der Waals surface area (Å²) in [6.45, 7) is 8.15. The minimum absolute atomic E-state index is 0.483. The highest BCUT2D eigenvalue weighted by Gasteiger charge is 2.11. The molecule has 10 heavy (non-hydrogen) atoms. The van der Waals surface area contributed by atoms with Crippen molar-refractivity contribution >= 4 is 0 Å². The summed E-state index contributed by atoms with van der Waals surface area (Å²) in [4.78, 5) is 0. The molecule has 0 aliphatic heterocycles. The third kappa shape index (κ3) is 1.64. The van der Waals surface area contributed by atoms with Crippen molar-refractivity contribution in [3.05, 3.63) is 12.2 Å². The average molecular weight is 134 g/mol. The fourth-order valence-electron chi connectivity index (χ4n) is 1.17. The predicted octanol–water partition coefficient (Wildman–Crippen LogP) is 2.61. The molecule has 0 heteroatoms. The predicted molar refractivity (Wildman–Crippen MR) is 44.5 cm³/mol. The van der Waals surface area contributed by atoms with Gasteiger partial charge >= 0.3 is 0 Å². The zero-order valence-electron chi connectivity index (χ0n) is 6.78. The molecule has 0 spiro atoms. The van der Waals surface area contributed by atoms with E-state index in [1.807, 2.05) is 0 Å². The first-order chi connectivity index (χ1) is 4.70. The quantitative estimate of drug-likeness (QED) is 0.382. The van der Waals surface area contributed by atoms with Crippen molar-refractivity contribution in [2.24, 2.45) is 11.8 Å². The molecule has 0 aromatic carbocycles. The lowest BCUT2D eigenvalue weighted by Crippen LogP contribution is -2.06. The van der Waals surface area contributed by atoms with Crippen molar-refractivity contribution in [2.45, 2.75) is 26.7 Å². The summed E-state index contributed by atoms with van der Waals surface area (Å²) in [5.74, 6) is 7.51. The van der Waals surface area contributed by atoms with Crippen molar-refractivity contribution in [3.8, 4) is 11.8 Å². The molecule has 0 saturated heterocycles. The largest absolute Gasteiger partial charge is 0.0996 e. The van der Waals surface area contributed by atoms with Gasteiger partial charge in [-0.2, -0.15) is 0 Å². The molecule has 0 aromatic rings. The lowest BCUT2D eigenvalue weighted by molar-refractivity contribution is 0.549. The summed E-state index contributed by atoms with van der Waals surface area (Å²) in [7, 11) is 0. The van der Waals surface area contributed by atoms with E-state index in [9.17, 15) is 0 Å². The highest BCUT2D eigenvalue weighted by molar-refractivity contribution is 5.19. The van der Waals surface area contributed by atoms with Crippen LogP contribution in [-0.4, -0.2) is 0 Å². The third-order valence-corrected chi connectivity index (χ3v) is 1.99. The van der Waals surface area contributed by atoms with Gasteiger partial charge in [0.05, 0.1) is 0 Å². The first kappa shape index (κ1) is 7.41. The minimum atomic E-state index is 0.483. The molecule has 0 saturated carbocycles. The van der Waals surface area contributed by atoms with Gasteiger partial charge in [0.25, 0.3) is 0 Å². The Balaban J connectivity index is 2.60. The van der Waals surface area contributed by atoms with Crippen LogP contribution in [0.15, 0.2) is 12.2 Å². The number of rotatable bonds is 1. The van der Waals surface area contributed by atoms with Gasteiger partial charge in [-0.05, 0) is 19.8 Å². The Morgan fingerprint density at radius 1 is 1.40 bits per heavy atom. The molecular weight excluding hydrogens is 120 g/mol. The van der Waals surface area contributed by atoms with Crippen molar-refractivity contribution in [3.63, 3.8) is 0 Å². The smallest absolute Gasteiger partial charge is 0.0407 e. The Morgan fingerprint density at radius 3 is 2.50 bits per heavy atom. The molecule has 0 radical (unpaired) electrons. The molecule has 0 N–H and O–H groups in total. The van der Waals surface area contributed by atoms with Gasteiger partial charge < -0.3 is 0 Å². The molecule has 54 valence electrons. The van der Waals surface area contributed by atoms with Gasteiger partial charge in [0, 0.05) is 11.8 Å². The monoisotopic (exact) mass is 134 g/mol. The van der Waals surface area contributed by atoms with E-state index < -0.39 is 0 Å². The van der Waals surface area contributed by atoms with Crippen LogP contribution in [0, 0.1) is 23.7 Å². The van der Waals surface area contributed by atoms with E-state index in [1.54, 1.807) is 0 Å². The van der Waals surface area contributed by atoms with Crippen LogP contribution in [0.4, 0.5) is 0 Å². The van der Waals surface area contributed by atoms with Crippen LogP contribution in [0.25, 0.3) is 0 Å². The molecular formula is C10H14. The molecule has 1 aliphatic carbocycles. The van der Waals surface area contributed by atoms with E-state index in [-0.39, 0.29) is 0 Å². The van der Waals surface area contributed by atoms with E-state index in [1.165, 1.54) is 18.4 Å². The second-order valence-electron chi connectivity index (χ2n) is 3.17. The van der Waals surface area contributed by atoms with Crippen LogP contribution in [0.1, 0.15) is 26.7 Å². The maximum Gasteiger partial charge on any atom is 0.0407 e. The van der Waals surface area contributed by atoms with Gasteiger partial charge in [0.2, 0.25) is 0 Å². The molecule has 0 heterocycles. The standard InChI is InChI=1S/C10H14/c1-8(2)10-6-4-9(3)5-7-10/h9-10H,1,4,6H2,2-3H3. The molecule has 0 fully saturated rings. The summed E-state index contributed by atoms with van der Waals surface area (Å²) < 4.78 is 0. The van der Waals surface area contributed by atoms with Crippen molar-refractivity contribution in [2.75, 3.05) is 0 Å².